The maximum atomic E-state index is 13.2. The summed E-state index contributed by atoms with van der Waals surface area (Å²) in [5, 5.41) is 0.479. The zero-order valence-electron chi connectivity index (χ0n) is 13.9. The zero-order valence-corrected chi connectivity index (χ0v) is 15.5. The van der Waals surface area contributed by atoms with Gasteiger partial charge in [-0.3, -0.25) is 4.79 Å². The highest BCUT2D eigenvalue weighted by Crippen LogP contribution is 2.42. The molecule has 1 aliphatic rings. The number of benzene rings is 1. The van der Waals surface area contributed by atoms with Gasteiger partial charge in [0.05, 0.1) is 4.90 Å². The lowest BCUT2D eigenvalue weighted by atomic mass is 10.0. The monoisotopic (exact) mass is 357 g/mol. The smallest absolute Gasteiger partial charge is 0.244 e. The summed E-state index contributed by atoms with van der Waals surface area (Å²) in [5.74, 6) is 0.0132. The van der Waals surface area contributed by atoms with Crippen LogP contribution in [0.5, 0.6) is 0 Å². The summed E-state index contributed by atoms with van der Waals surface area (Å²) >= 11 is 5.86. The van der Waals surface area contributed by atoms with Crippen LogP contribution in [0.25, 0.3) is 0 Å². The first kappa shape index (κ1) is 18.3. The third-order valence-electron chi connectivity index (χ3n) is 4.43. The van der Waals surface area contributed by atoms with E-state index in [9.17, 15) is 13.2 Å². The Bertz CT molecular complexity index is 662. The van der Waals surface area contributed by atoms with Crippen molar-refractivity contribution in [2.45, 2.75) is 49.2 Å². The second-order valence-corrected chi connectivity index (χ2v) is 9.43. The first-order chi connectivity index (χ1) is 10.7. The third kappa shape index (κ3) is 3.41. The van der Waals surface area contributed by atoms with Gasteiger partial charge >= 0.3 is 0 Å². The quantitative estimate of drug-likeness (QED) is 0.809. The number of nitrogens with zero attached hydrogens (tertiary/aromatic N) is 1. The van der Waals surface area contributed by atoms with Crippen molar-refractivity contribution in [3.8, 4) is 0 Å². The van der Waals surface area contributed by atoms with Crippen molar-refractivity contribution in [1.29, 1.82) is 0 Å². The van der Waals surface area contributed by atoms with Crippen molar-refractivity contribution < 1.29 is 13.2 Å². The standard InChI is InChI=1S/C17H24ClNO3S/c1-13(2)12-19(3)16(20)17(10-4-5-11-17)23(21,22)15-8-6-14(18)7-9-15/h6-9,13H,4-5,10-12H2,1-3H3. The molecule has 0 saturated heterocycles. The molecule has 0 heterocycles. The summed E-state index contributed by atoms with van der Waals surface area (Å²) in [6, 6.07) is 6.10. The van der Waals surface area contributed by atoms with E-state index in [1.807, 2.05) is 13.8 Å². The number of hydrogen-bond acceptors (Lipinski definition) is 3. The van der Waals surface area contributed by atoms with Gasteiger partial charge in [-0.15, -0.1) is 0 Å². The summed E-state index contributed by atoms with van der Waals surface area (Å²) in [6.07, 6.45) is 2.29. The summed E-state index contributed by atoms with van der Waals surface area (Å²) in [5.41, 5.74) is 0. The Morgan fingerprint density at radius 2 is 1.74 bits per heavy atom. The van der Waals surface area contributed by atoms with Gasteiger partial charge in [-0.25, -0.2) is 8.42 Å². The third-order valence-corrected chi connectivity index (χ3v) is 7.18. The van der Waals surface area contributed by atoms with Crippen LogP contribution in [0.2, 0.25) is 5.02 Å². The second kappa shape index (κ2) is 6.81. The fourth-order valence-electron chi connectivity index (χ4n) is 3.36. The Morgan fingerprint density at radius 1 is 1.22 bits per heavy atom. The molecule has 1 saturated carbocycles. The van der Waals surface area contributed by atoms with E-state index < -0.39 is 14.6 Å². The molecule has 0 unspecified atom stereocenters. The maximum Gasteiger partial charge on any atom is 0.244 e. The molecule has 23 heavy (non-hydrogen) atoms. The molecular weight excluding hydrogens is 334 g/mol. The van der Waals surface area contributed by atoms with Crippen LogP contribution in [0.3, 0.4) is 0 Å². The SMILES string of the molecule is CC(C)CN(C)C(=O)C1(S(=O)(=O)c2ccc(Cl)cc2)CCCC1. The minimum atomic E-state index is -3.75. The molecule has 0 radical (unpaired) electrons. The van der Waals surface area contributed by atoms with Crippen molar-refractivity contribution in [1.82, 2.24) is 4.90 Å². The molecule has 0 atom stereocenters. The molecule has 0 spiro atoms. The Kier molecular flexibility index (Phi) is 5.41. The van der Waals surface area contributed by atoms with E-state index >= 15 is 0 Å². The average Bonchev–Trinajstić information content (AvgIpc) is 2.97. The Labute approximate surface area is 143 Å². The van der Waals surface area contributed by atoms with E-state index in [-0.39, 0.29) is 10.8 Å². The Balaban J connectivity index is 2.44. The normalized spacial score (nSPS) is 17.4. The first-order valence-corrected chi connectivity index (χ1v) is 9.82. The topological polar surface area (TPSA) is 54.5 Å². The maximum absolute atomic E-state index is 13.2. The van der Waals surface area contributed by atoms with E-state index in [0.29, 0.717) is 30.3 Å². The minimum absolute atomic E-state index is 0.176. The van der Waals surface area contributed by atoms with Crippen LogP contribution in [0.15, 0.2) is 29.2 Å². The lowest BCUT2D eigenvalue weighted by Gasteiger charge is -2.32. The molecular formula is C17H24ClNO3S. The summed E-state index contributed by atoms with van der Waals surface area (Å²) in [7, 11) is -2.05. The van der Waals surface area contributed by atoms with Gasteiger partial charge < -0.3 is 4.90 Å². The van der Waals surface area contributed by atoms with Gasteiger partial charge in [-0.2, -0.15) is 0 Å². The lowest BCUT2D eigenvalue weighted by molar-refractivity contribution is -0.133. The number of amides is 1. The van der Waals surface area contributed by atoms with Crippen molar-refractivity contribution in [2.75, 3.05) is 13.6 Å². The number of sulfone groups is 1. The van der Waals surface area contributed by atoms with Crippen LogP contribution >= 0.6 is 11.6 Å². The van der Waals surface area contributed by atoms with Gasteiger partial charge in [-0.1, -0.05) is 38.3 Å². The van der Waals surface area contributed by atoms with Gasteiger partial charge in [0.15, 0.2) is 14.6 Å². The molecule has 1 aromatic carbocycles. The van der Waals surface area contributed by atoms with Gasteiger partial charge in [-0.05, 0) is 43.0 Å². The van der Waals surface area contributed by atoms with E-state index in [0.717, 1.165) is 12.8 Å². The zero-order chi connectivity index (χ0) is 17.3. The van der Waals surface area contributed by atoms with E-state index in [1.54, 1.807) is 24.1 Å². The highest BCUT2D eigenvalue weighted by molar-refractivity contribution is 7.93. The van der Waals surface area contributed by atoms with Gasteiger partial charge in [0, 0.05) is 18.6 Å². The molecule has 6 heteroatoms. The highest BCUT2D eigenvalue weighted by atomic mass is 35.5. The van der Waals surface area contributed by atoms with Crippen LogP contribution < -0.4 is 0 Å². The van der Waals surface area contributed by atoms with Crippen molar-refractivity contribution in [2.24, 2.45) is 5.92 Å². The van der Waals surface area contributed by atoms with Crippen LogP contribution in [-0.4, -0.2) is 37.6 Å². The molecule has 2 rings (SSSR count). The molecule has 4 nitrogen and oxygen atoms in total. The Hall–Kier alpha value is -1.07. The van der Waals surface area contributed by atoms with Crippen molar-refractivity contribution in [3.05, 3.63) is 29.3 Å². The molecule has 0 N–H and O–H groups in total. The van der Waals surface area contributed by atoms with Crippen molar-refractivity contribution in [3.63, 3.8) is 0 Å². The lowest BCUT2D eigenvalue weighted by Crippen LogP contribution is -2.51. The fraction of sp³-hybridized carbons (Fsp3) is 0.588. The van der Waals surface area contributed by atoms with Crippen molar-refractivity contribution >= 4 is 27.3 Å². The van der Waals surface area contributed by atoms with Crippen LogP contribution in [0.4, 0.5) is 0 Å². The van der Waals surface area contributed by atoms with E-state index in [1.165, 1.54) is 12.1 Å². The van der Waals surface area contributed by atoms with Gasteiger partial charge in [0.2, 0.25) is 5.91 Å². The largest absolute Gasteiger partial charge is 0.344 e. The van der Waals surface area contributed by atoms with Crippen LogP contribution in [-0.2, 0) is 14.6 Å². The molecule has 1 aromatic rings. The molecule has 0 aliphatic heterocycles. The van der Waals surface area contributed by atoms with Crippen LogP contribution in [0, 0.1) is 5.92 Å². The number of carbonyl (C=O) groups excluding carboxylic acids is 1. The second-order valence-electron chi connectivity index (χ2n) is 6.74. The number of rotatable bonds is 5. The molecule has 128 valence electrons. The van der Waals surface area contributed by atoms with Gasteiger partial charge in [0.1, 0.15) is 0 Å². The molecule has 0 aromatic heterocycles. The predicted octanol–water partition coefficient (Wildman–Crippen LogP) is 3.54. The van der Waals surface area contributed by atoms with E-state index in [2.05, 4.69) is 0 Å². The predicted molar refractivity (Wildman–Crippen MR) is 92.3 cm³/mol. The number of halogens is 1. The fourth-order valence-corrected chi connectivity index (χ4v) is 5.64. The minimum Gasteiger partial charge on any atom is -0.344 e. The Morgan fingerprint density at radius 3 is 2.22 bits per heavy atom. The van der Waals surface area contributed by atoms with E-state index in [4.69, 9.17) is 11.6 Å². The average molecular weight is 358 g/mol. The first-order valence-electron chi connectivity index (χ1n) is 7.96. The molecule has 1 aliphatic carbocycles. The summed E-state index contributed by atoms with van der Waals surface area (Å²) < 4.78 is 25.1. The number of hydrogen-bond donors (Lipinski definition) is 0. The summed E-state index contributed by atoms with van der Waals surface area (Å²) in [6.45, 7) is 4.58. The van der Waals surface area contributed by atoms with Gasteiger partial charge in [0.25, 0.3) is 0 Å². The molecule has 1 amide bonds. The molecule has 0 bridgehead atoms. The number of carbonyl (C=O) groups is 1. The highest BCUT2D eigenvalue weighted by Gasteiger charge is 2.53. The van der Waals surface area contributed by atoms with Crippen LogP contribution in [0.1, 0.15) is 39.5 Å². The molecule has 1 fully saturated rings. The summed E-state index contributed by atoms with van der Waals surface area (Å²) in [4.78, 5) is 14.8.